The van der Waals surface area contributed by atoms with E-state index in [2.05, 4.69) is 22.5 Å². The van der Waals surface area contributed by atoms with Crippen molar-refractivity contribution >= 4 is 28.9 Å². The lowest BCUT2D eigenvalue weighted by atomic mass is 10.2. The molecule has 11 heteroatoms. The van der Waals surface area contributed by atoms with Crippen molar-refractivity contribution in [3.63, 3.8) is 0 Å². The highest BCUT2D eigenvalue weighted by Gasteiger charge is 2.31. The molecule has 3 amide bonds. The summed E-state index contributed by atoms with van der Waals surface area (Å²) in [6.07, 6.45) is 2.98. The van der Waals surface area contributed by atoms with E-state index in [4.69, 9.17) is 9.94 Å². The summed E-state index contributed by atoms with van der Waals surface area (Å²) in [7, 11) is 1.74. The van der Waals surface area contributed by atoms with Gasteiger partial charge in [-0.15, -0.1) is 5.92 Å². The van der Waals surface area contributed by atoms with Gasteiger partial charge in [0.05, 0.1) is 6.54 Å². The minimum absolute atomic E-state index is 0.158. The van der Waals surface area contributed by atoms with Crippen LogP contribution in [0.3, 0.4) is 0 Å². The van der Waals surface area contributed by atoms with Gasteiger partial charge < -0.3 is 24.5 Å². The second kappa shape index (κ2) is 14.7. The minimum Gasteiger partial charge on any atom is -0.611 e. The second-order valence-corrected chi connectivity index (χ2v) is 9.12. The van der Waals surface area contributed by atoms with Crippen LogP contribution >= 0.6 is 0 Å². The Hall–Kier alpha value is -3.46. The summed E-state index contributed by atoms with van der Waals surface area (Å²) in [5, 5.41) is 13.4. The molecular formula is C24H30N4O6S. The van der Waals surface area contributed by atoms with Crippen molar-refractivity contribution in [1.29, 1.82) is 0 Å². The molecule has 188 valence electrons. The van der Waals surface area contributed by atoms with Crippen molar-refractivity contribution in [2.24, 2.45) is 7.05 Å². The maximum absolute atomic E-state index is 12.9. The molecule has 0 saturated heterocycles. The normalized spacial score (nSPS) is 12.0. The Morgan fingerprint density at radius 1 is 1.17 bits per heavy atom. The molecule has 2 unspecified atom stereocenters. The molecule has 0 aliphatic carbocycles. The van der Waals surface area contributed by atoms with Gasteiger partial charge in [0, 0.05) is 26.2 Å². The van der Waals surface area contributed by atoms with Gasteiger partial charge in [-0.05, 0) is 67.3 Å². The summed E-state index contributed by atoms with van der Waals surface area (Å²) in [6, 6.07) is 9.88. The molecule has 1 aromatic carbocycles. The second-order valence-electron chi connectivity index (χ2n) is 7.48. The molecule has 1 aromatic heterocycles. The number of nitrogens with zero attached hydrogens (tertiary/aromatic N) is 1. The van der Waals surface area contributed by atoms with Gasteiger partial charge in [-0.3, -0.25) is 19.6 Å². The number of rotatable bonds is 13. The lowest BCUT2D eigenvalue weighted by molar-refractivity contribution is -0.129. The van der Waals surface area contributed by atoms with E-state index in [-0.39, 0.29) is 31.4 Å². The number of aryl methyl sites for hydroxylation is 1. The fourth-order valence-corrected chi connectivity index (χ4v) is 4.49. The molecule has 10 nitrogen and oxygen atoms in total. The number of hydroxylamine groups is 1. The largest absolute Gasteiger partial charge is 0.611 e. The van der Waals surface area contributed by atoms with Crippen molar-refractivity contribution in [3.05, 3.63) is 48.3 Å². The third kappa shape index (κ3) is 9.01. The van der Waals surface area contributed by atoms with E-state index in [1.165, 1.54) is 0 Å². The first-order valence-corrected chi connectivity index (χ1v) is 12.2. The van der Waals surface area contributed by atoms with Gasteiger partial charge in [0.25, 0.3) is 11.8 Å². The first-order valence-electron chi connectivity index (χ1n) is 11.0. The number of benzene rings is 1. The van der Waals surface area contributed by atoms with E-state index in [0.717, 1.165) is 0 Å². The van der Waals surface area contributed by atoms with Crippen LogP contribution in [-0.4, -0.2) is 57.0 Å². The smallest absolute Gasteiger partial charge is 0.296 e. The van der Waals surface area contributed by atoms with Gasteiger partial charge >= 0.3 is 0 Å². The average Bonchev–Trinajstić information content (AvgIpc) is 3.30. The number of aromatic nitrogens is 1. The van der Waals surface area contributed by atoms with Crippen LogP contribution in [0.1, 0.15) is 36.7 Å². The molecule has 0 aliphatic rings. The predicted octanol–water partition coefficient (Wildman–Crippen LogP) is 1.13. The highest BCUT2D eigenvalue weighted by molar-refractivity contribution is 7.92. The van der Waals surface area contributed by atoms with E-state index in [1.807, 2.05) is 0 Å². The number of carbonyl (C=O) groups is 3. The number of amides is 3. The van der Waals surface area contributed by atoms with Crippen molar-refractivity contribution in [3.8, 4) is 17.6 Å². The Morgan fingerprint density at radius 3 is 2.54 bits per heavy atom. The fraction of sp³-hybridized carbons (Fsp3) is 0.375. The lowest BCUT2D eigenvalue weighted by Gasteiger charge is -2.20. The van der Waals surface area contributed by atoms with Crippen LogP contribution in [0, 0.1) is 11.8 Å². The van der Waals surface area contributed by atoms with Gasteiger partial charge in [-0.25, -0.2) is 5.48 Å². The molecule has 2 aromatic rings. The maximum atomic E-state index is 12.9. The molecule has 2 atom stereocenters. The molecule has 2 rings (SSSR count). The van der Waals surface area contributed by atoms with Crippen LogP contribution in [0.4, 0.5) is 0 Å². The quantitative estimate of drug-likeness (QED) is 0.106. The molecule has 0 aliphatic heterocycles. The van der Waals surface area contributed by atoms with E-state index in [0.29, 0.717) is 35.7 Å². The van der Waals surface area contributed by atoms with Gasteiger partial charge in [0.1, 0.15) is 18.1 Å². The Balaban J connectivity index is 1.76. The van der Waals surface area contributed by atoms with Crippen LogP contribution in [-0.2, 0) is 27.8 Å². The van der Waals surface area contributed by atoms with Crippen LogP contribution < -0.4 is 20.9 Å². The molecule has 0 fully saturated rings. The van der Waals surface area contributed by atoms with Crippen LogP contribution in [0.2, 0.25) is 0 Å². The van der Waals surface area contributed by atoms with Gasteiger partial charge in [-0.2, -0.15) is 0 Å². The molecule has 1 heterocycles. The van der Waals surface area contributed by atoms with Crippen LogP contribution in [0.25, 0.3) is 0 Å². The number of hydrogen-bond donors (Lipinski definition) is 4. The zero-order valence-corrected chi connectivity index (χ0v) is 20.5. The summed E-state index contributed by atoms with van der Waals surface area (Å²) in [6.45, 7) is 2.12. The third-order valence-electron chi connectivity index (χ3n) is 5.01. The number of unbranched alkanes of at least 4 members (excludes halogenated alkanes) is 1. The third-order valence-corrected chi connectivity index (χ3v) is 6.71. The summed E-state index contributed by atoms with van der Waals surface area (Å²) < 4.78 is 20.0. The standard InChI is InChI=1S/C24H30N4O6S/c1-3-4-16-34-18-10-12-19(13-11-18)35(33)21(24(31)27-32)9-5-6-14-25-22(29)17-26-23(30)20-8-7-15-28(20)2/h7-8,10-13,15,21,32H,5-6,9,14,16-17H2,1-2H3,(H,25,29)(H,26,30)(H,27,31). The molecule has 35 heavy (non-hydrogen) atoms. The average molecular weight is 503 g/mol. The monoisotopic (exact) mass is 502 g/mol. The zero-order valence-electron chi connectivity index (χ0n) is 19.7. The molecule has 0 spiro atoms. The number of nitrogens with one attached hydrogen (secondary N) is 3. The van der Waals surface area contributed by atoms with Gasteiger partial charge in [-0.1, -0.05) is 5.92 Å². The van der Waals surface area contributed by atoms with E-state index in [1.54, 1.807) is 66.6 Å². The molecular weight excluding hydrogens is 472 g/mol. The number of carbonyl (C=O) groups excluding carboxylic acids is 3. The SMILES string of the molecule is CC#CCOc1ccc([S+]([O-])C(CCCCNC(=O)CNC(=O)c2cccn2C)C(=O)NO)cc1. The molecule has 0 radical (unpaired) electrons. The predicted molar refractivity (Wildman–Crippen MR) is 130 cm³/mol. The van der Waals surface area contributed by atoms with Crippen LogP contribution in [0.5, 0.6) is 5.75 Å². The van der Waals surface area contributed by atoms with Crippen molar-refractivity contribution in [2.75, 3.05) is 19.7 Å². The zero-order chi connectivity index (χ0) is 25.6. The van der Waals surface area contributed by atoms with Crippen molar-refractivity contribution in [1.82, 2.24) is 20.7 Å². The summed E-state index contributed by atoms with van der Waals surface area (Å²) >= 11 is -1.70. The van der Waals surface area contributed by atoms with Crippen molar-refractivity contribution in [2.45, 2.75) is 36.3 Å². The Bertz CT molecular complexity index is 1040. The topological polar surface area (TPSA) is 145 Å². The first kappa shape index (κ1) is 27.8. The lowest BCUT2D eigenvalue weighted by Crippen LogP contribution is -2.39. The Kier molecular flexibility index (Phi) is 11.7. The highest BCUT2D eigenvalue weighted by Crippen LogP contribution is 2.23. The Labute approximate surface area is 207 Å². The van der Waals surface area contributed by atoms with Crippen molar-refractivity contribution < 1.29 is 28.9 Å². The summed E-state index contributed by atoms with van der Waals surface area (Å²) in [5.74, 6) is 4.63. The number of hydrogen-bond acceptors (Lipinski definition) is 6. The first-order chi connectivity index (χ1) is 16.9. The fourth-order valence-electron chi connectivity index (χ4n) is 3.13. The van der Waals surface area contributed by atoms with Gasteiger partial charge in [0.15, 0.2) is 4.90 Å². The summed E-state index contributed by atoms with van der Waals surface area (Å²) in [4.78, 5) is 36.5. The minimum atomic E-state index is -1.70. The molecule has 4 N–H and O–H groups in total. The molecule has 0 saturated carbocycles. The maximum Gasteiger partial charge on any atom is 0.296 e. The van der Waals surface area contributed by atoms with Crippen LogP contribution in [0.15, 0.2) is 47.5 Å². The summed E-state index contributed by atoms with van der Waals surface area (Å²) in [5.41, 5.74) is 2.03. The van der Waals surface area contributed by atoms with E-state index >= 15 is 0 Å². The van der Waals surface area contributed by atoms with Gasteiger partial charge in [0.2, 0.25) is 11.2 Å². The van der Waals surface area contributed by atoms with E-state index < -0.39 is 22.3 Å². The highest BCUT2D eigenvalue weighted by atomic mass is 32.2. The van der Waals surface area contributed by atoms with E-state index in [9.17, 15) is 18.9 Å². The Morgan fingerprint density at radius 2 is 1.91 bits per heavy atom. The molecule has 0 bridgehead atoms. The number of ether oxygens (including phenoxy) is 1.